The first-order chi connectivity index (χ1) is 9.45. The summed E-state index contributed by atoms with van der Waals surface area (Å²) in [6, 6.07) is 32.7. The van der Waals surface area contributed by atoms with Crippen molar-refractivity contribution in [2.45, 2.75) is 0 Å². The second kappa shape index (κ2) is 7.80. The SMILES string of the molecule is [CaH2].c1ccc([SiH](c2ccccc2)c2ccccc2)cc1. The third-order valence-corrected chi connectivity index (χ3v) is 6.55. The molecule has 0 heterocycles. The zero-order valence-electron chi connectivity index (χ0n) is 10.7. The van der Waals surface area contributed by atoms with Crippen molar-refractivity contribution in [1.29, 1.82) is 0 Å². The van der Waals surface area contributed by atoms with Crippen LogP contribution in [-0.2, 0) is 0 Å². The van der Waals surface area contributed by atoms with Gasteiger partial charge in [0.05, 0.1) is 0 Å². The molecule has 96 valence electrons. The van der Waals surface area contributed by atoms with Crippen molar-refractivity contribution in [3.05, 3.63) is 91.0 Å². The molecule has 2 heteroatoms. The molecule has 0 atom stereocenters. The summed E-state index contributed by atoms with van der Waals surface area (Å²) in [6.45, 7) is 0. The van der Waals surface area contributed by atoms with Gasteiger partial charge in [-0.15, -0.1) is 0 Å². The molecule has 0 aromatic heterocycles. The largest absolute Gasteiger partial charge is 0.132 e. The van der Waals surface area contributed by atoms with Crippen LogP contribution >= 0.6 is 0 Å². The molecule has 0 radical (unpaired) electrons. The maximum Gasteiger partial charge on any atom is 0.132 e. The molecule has 0 unspecified atom stereocenters. The van der Waals surface area contributed by atoms with Crippen LogP contribution in [0.3, 0.4) is 0 Å². The quantitative estimate of drug-likeness (QED) is 0.501. The fourth-order valence-electron chi connectivity index (χ4n) is 2.51. The van der Waals surface area contributed by atoms with Gasteiger partial charge in [0.25, 0.3) is 0 Å². The Morgan fingerprint density at radius 3 is 0.900 bits per heavy atom. The predicted molar refractivity (Wildman–Crippen MR) is 93.9 cm³/mol. The first-order valence-electron chi connectivity index (χ1n) is 6.60. The minimum absolute atomic E-state index is 0. The van der Waals surface area contributed by atoms with E-state index in [0.29, 0.717) is 0 Å². The summed E-state index contributed by atoms with van der Waals surface area (Å²) in [6.07, 6.45) is 0. The van der Waals surface area contributed by atoms with Crippen LogP contribution in [0.2, 0.25) is 0 Å². The normalized spacial score (nSPS) is 10.1. The molecular weight excluding hydrogens is 284 g/mol. The van der Waals surface area contributed by atoms with E-state index in [1.807, 2.05) is 0 Å². The smallest absolute Gasteiger partial charge is 0.0625 e. The Hall–Kier alpha value is -0.863. The standard InChI is InChI=1S/C18H16Si.Ca.2H/c1-4-10-16(11-5-1)19(17-12-6-2-7-13-17)18-14-8-3-9-15-18;;;/h1-15,19H;;;. The van der Waals surface area contributed by atoms with Crippen LogP contribution in [-0.4, -0.2) is 46.5 Å². The average Bonchev–Trinajstić information content (AvgIpc) is 2.51. The first kappa shape index (κ1) is 15.5. The van der Waals surface area contributed by atoms with Gasteiger partial charge in [0.15, 0.2) is 0 Å². The van der Waals surface area contributed by atoms with Crippen molar-refractivity contribution in [3.8, 4) is 0 Å². The maximum absolute atomic E-state index is 2.26. The monoisotopic (exact) mass is 302 g/mol. The summed E-state index contributed by atoms with van der Waals surface area (Å²) in [5.41, 5.74) is 0. The van der Waals surface area contributed by atoms with Crippen LogP contribution in [0.4, 0.5) is 0 Å². The second-order valence-corrected chi connectivity index (χ2v) is 7.53. The fourth-order valence-corrected chi connectivity index (χ4v) is 5.49. The predicted octanol–water partition coefficient (Wildman–Crippen LogP) is 1.02. The maximum atomic E-state index is 2.26. The van der Waals surface area contributed by atoms with Gasteiger partial charge in [0.2, 0.25) is 0 Å². The molecule has 0 aliphatic heterocycles. The van der Waals surface area contributed by atoms with Crippen molar-refractivity contribution in [2.24, 2.45) is 0 Å². The summed E-state index contributed by atoms with van der Waals surface area (Å²) in [7, 11) is -1.31. The van der Waals surface area contributed by atoms with Crippen LogP contribution in [0, 0.1) is 0 Å². The number of rotatable bonds is 3. The molecule has 0 amide bonds. The Morgan fingerprint density at radius 2 is 0.650 bits per heavy atom. The summed E-state index contributed by atoms with van der Waals surface area (Å²) < 4.78 is 0. The van der Waals surface area contributed by atoms with Gasteiger partial charge in [-0.2, -0.15) is 0 Å². The number of hydrogen-bond acceptors (Lipinski definition) is 0. The molecule has 20 heavy (non-hydrogen) atoms. The van der Waals surface area contributed by atoms with Gasteiger partial charge < -0.3 is 0 Å². The molecule has 3 aromatic carbocycles. The molecule has 0 nitrogen and oxygen atoms in total. The molecular formula is C18H18CaSi. The van der Waals surface area contributed by atoms with Gasteiger partial charge in [-0.3, -0.25) is 0 Å². The summed E-state index contributed by atoms with van der Waals surface area (Å²) in [4.78, 5) is 0. The van der Waals surface area contributed by atoms with Crippen molar-refractivity contribution < 1.29 is 0 Å². The van der Waals surface area contributed by atoms with Gasteiger partial charge in [0.1, 0.15) is 8.80 Å². The van der Waals surface area contributed by atoms with Crippen molar-refractivity contribution >= 4 is 62.1 Å². The van der Waals surface area contributed by atoms with Gasteiger partial charge in [0, 0.05) is 0 Å². The summed E-state index contributed by atoms with van der Waals surface area (Å²) >= 11 is 0. The zero-order chi connectivity index (χ0) is 12.9. The van der Waals surface area contributed by atoms with E-state index in [1.165, 1.54) is 15.6 Å². The summed E-state index contributed by atoms with van der Waals surface area (Å²) in [5.74, 6) is 0. The Balaban J connectivity index is 0.00000147. The molecule has 0 fully saturated rings. The van der Waals surface area contributed by atoms with E-state index in [-0.39, 0.29) is 37.7 Å². The van der Waals surface area contributed by atoms with E-state index < -0.39 is 8.80 Å². The van der Waals surface area contributed by atoms with Gasteiger partial charge >= 0.3 is 37.7 Å². The van der Waals surface area contributed by atoms with E-state index in [2.05, 4.69) is 91.0 Å². The third kappa shape index (κ3) is 3.61. The Labute approximate surface area is 152 Å². The van der Waals surface area contributed by atoms with Crippen LogP contribution in [0.15, 0.2) is 91.0 Å². The Bertz CT molecular complexity index is 529. The molecule has 0 aliphatic rings. The fraction of sp³-hybridized carbons (Fsp3) is 0. The topological polar surface area (TPSA) is 0 Å². The minimum Gasteiger partial charge on any atom is -0.0625 e. The second-order valence-electron chi connectivity index (χ2n) is 4.67. The first-order valence-corrected chi connectivity index (χ1v) is 8.33. The zero-order valence-corrected chi connectivity index (χ0v) is 11.9. The molecule has 0 saturated carbocycles. The third-order valence-electron chi connectivity index (χ3n) is 3.40. The van der Waals surface area contributed by atoms with Gasteiger partial charge in [-0.05, 0) is 0 Å². The average molecular weight is 303 g/mol. The van der Waals surface area contributed by atoms with E-state index in [9.17, 15) is 0 Å². The van der Waals surface area contributed by atoms with Crippen LogP contribution < -0.4 is 15.6 Å². The molecule has 0 spiro atoms. The number of hydrogen-bond donors (Lipinski definition) is 0. The molecule has 3 aromatic rings. The van der Waals surface area contributed by atoms with Crippen LogP contribution in [0.25, 0.3) is 0 Å². The van der Waals surface area contributed by atoms with Crippen molar-refractivity contribution in [3.63, 3.8) is 0 Å². The Kier molecular flexibility index (Phi) is 6.05. The van der Waals surface area contributed by atoms with Crippen LogP contribution in [0.1, 0.15) is 0 Å². The van der Waals surface area contributed by atoms with E-state index in [4.69, 9.17) is 0 Å². The molecule has 0 bridgehead atoms. The molecule has 0 aliphatic carbocycles. The van der Waals surface area contributed by atoms with Crippen molar-refractivity contribution in [2.75, 3.05) is 0 Å². The minimum atomic E-state index is -1.31. The molecule has 0 N–H and O–H groups in total. The van der Waals surface area contributed by atoms with E-state index in [1.54, 1.807) is 0 Å². The van der Waals surface area contributed by atoms with Crippen molar-refractivity contribution in [1.82, 2.24) is 0 Å². The van der Waals surface area contributed by atoms with E-state index >= 15 is 0 Å². The molecule has 3 rings (SSSR count). The van der Waals surface area contributed by atoms with Crippen LogP contribution in [0.5, 0.6) is 0 Å². The van der Waals surface area contributed by atoms with E-state index in [0.717, 1.165) is 0 Å². The number of benzene rings is 3. The summed E-state index contributed by atoms with van der Waals surface area (Å²) in [5, 5.41) is 4.42. The Morgan fingerprint density at radius 1 is 0.400 bits per heavy atom. The molecule has 0 saturated heterocycles. The van der Waals surface area contributed by atoms with Gasteiger partial charge in [-0.25, -0.2) is 0 Å². The van der Waals surface area contributed by atoms with Gasteiger partial charge in [-0.1, -0.05) is 107 Å².